The quantitative estimate of drug-likeness (QED) is 0.428. The van der Waals surface area contributed by atoms with Crippen LogP contribution >= 0.6 is 0 Å². The second-order valence-electron chi connectivity index (χ2n) is 6.64. The van der Waals surface area contributed by atoms with Gasteiger partial charge in [-0.05, 0) is 36.3 Å². The zero-order chi connectivity index (χ0) is 21.7. The largest absolute Gasteiger partial charge is 0.493 e. The monoisotopic (exact) mass is 410 g/mol. The third kappa shape index (κ3) is 4.78. The van der Waals surface area contributed by atoms with E-state index in [9.17, 15) is 14.4 Å². The lowest BCUT2D eigenvalue weighted by Crippen LogP contribution is -2.30. The molecule has 0 unspecified atom stereocenters. The van der Waals surface area contributed by atoms with Crippen LogP contribution in [0.5, 0.6) is 11.5 Å². The first-order chi connectivity index (χ1) is 14.4. The van der Waals surface area contributed by atoms with Gasteiger partial charge in [0.2, 0.25) is 0 Å². The molecule has 2 aromatic carbocycles. The zero-order valence-corrected chi connectivity index (χ0v) is 16.9. The van der Waals surface area contributed by atoms with Crippen LogP contribution in [-0.2, 0) is 20.9 Å². The number of urea groups is 1. The highest BCUT2D eigenvalue weighted by molar-refractivity contribution is 6.13. The number of esters is 1. The van der Waals surface area contributed by atoms with Crippen LogP contribution in [0.4, 0.5) is 4.79 Å². The molecule has 3 amide bonds. The first kappa shape index (κ1) is 20.9. The van der Waals surface area contributed by atoms with Gasteiger partial charge in [-0.2, -0.15) is 0 Å². The van der Waals surface area contributed by atoms with E-state index in [1.54, 1.807) is 24.3 Å². The Morgan fingerprint density at radius 3 is 2.47 bits per heavy atom. The fraction of sp³-hybridized carbons (Fsp3) is 0.227. The SMILES string of the molecule is COC(=O)COc1ccc(/C=C2/NC(=O)N(Cc3ccc(C)cc3)C2=O)cc1OC. The molecule has 2 aromatic rings. The molecule has 0 aromatic heterocycles. The van der Waals surface area contributed by atoms with Gasteiger partial charge in [0.05, 0.1) is 20.8 Å². The summed E-state index contributed by atoms with van der Waals surface area (Å²) in [5.74, 6) is -0.198. The molecular formula is C22H22N2O6. The van der Waals surface area contributed by atoms with Crippen molar-refractivity contribution in [2.45, 2.75) is 13.5 Å². The van der Waals surface area contributed by atoms with E-state index < -0.39 is 17.9 Å². The fourth-order valence-electron chi connectivity index (χ4n) is 2.85. The van der Waals surface area contributed by atoms with Crippen LogP contribution in [0.2, 0.25) is 0 Å². The maximum Gasteiger partial charge on any atom is 0.343 e. The van der Waals surface area contributed by atoms with E-state index in [1.807, 2.05) is 31.2 Å². The molecule has 1 saturated heterocycles. The number of carbonyl (C=O) groups excluding carboxylic acids is 3. The molecule has 0 spiro atoms. The number of nitrogens with one attached hydrogen (secondary N) is 1. The number of methoxy groups -OCH3 is 2. The van der Waals surface area contributed by atoms with Gasteiger partial charge in [0.15, 0.2) is 18.1 Å². The minimum absolute atomic E-state index is 0.164. The number of ether oxygens (including phenoxy) is 3. The van der Waals surface area contributed by atoms with Gasteiger partial charge in [-0.25, -0.2) is 9.59 Å². The molecule has 30 heavy (non-hydrogen) atoms. The Labute approximate surface area is 174 Å². The summed E-state index contributed by atoms with van der Waals surface area (Å²) in [5, 5.41) is 2.60. The highest BCUT2D eigenvalue weighted by Crippen LogP contribution is 2.29. The van der Waals surface area contributed by atoms with Crippen LogP contribution in [0, 0.1) is 6.92 Å². The van der Waals surface area contributed by atoms with Gasteiger partial charge in [0.25, 0.3) is 5.91 Å². The minimum Gasteiger partial charge on any atom is -0.493 e. The van der Waals surface area contributed by atoms with Gasteiger partial charge in [-0.1, -0.05) is 35.9 Å². The fourth-order valence-corrected chi connectivity index (χ4v) is 2.85. The van der Waals surface area contributed by atoms with E-state index in [0.717, 1.165) is 16.0 Å². The molecule has 0 aliphatic carbocycles. The molecule has 0 radical (unpaired) electrons. The third-order valence-corrected chi connectivity index (χ3v) is 4.50. The number of benzene rings is 2. The summed E-state index contributed by atoms with van der Waals surface area (Å²) in [6.07, 6.45) is 1.56. The van der Waals surface area contributed by atoms with Gasteiger partial charge in [-0.3, -0.25) is 9.69 Å². The number of aryl methyl sites for hydroxylation is 1. The Morgan fingerprint density at radius 2 is 1.80 bits per heavy atom. The molecule has 1 N–H and O–H groups in total. The lowest BCUT2D eigenvalue weighted by atomic mass is 10.1. The van der Waals surface area contributed by atoms with E-state index >= 15 is 0 Å². The Bertz CT molecular complexity index is 997. The number of amides is 3. The zero-order valence-electron chi connectivity index (χ0n) is 16.9. The molecule has 8 heteroatoms. The predicted molar refractivity (Wildman–Crippen MR) is 109 cm³/mol. The predicted octanol–water partition coefficient (Wildman–Crippen LogP) is 2.65. The number of rotatable bonds is 7. The maximum absolute atomic E-state index is 12.7. The molecule has 0 atom stereocenters. The summed E-state index contributed by atoms with van der Waals surface area (Å²) in [6.45, 7) is 1.90. The van der Waals surface area contributed by atoms with Crippen molar-refractivity contribution in [3.8, 4) is 11.5 Å². The van der Waals surface area contributed by atoms with Crippen LogP contribution < -0.4 is 14.8 Å². The van der Waals surface area contributed by atoms with Crippen molar-refractivity contribution in [2.24, 2.45) is 0 Å². The smallest absolute Gasteiger partial charge is 0.343 e. The van der Waals surface area contributed by atoms with Crippen LogP contribution in [0.15, 0.2) is 48.2 Å². The summed E-state index contributed by atoms with van der Waals surface area (Å²) in [4.78, 5) is 37.4. The summed E-state index contributed by atoms with van der Waals surface area (Å²) >= 11 is 0. The van der Waals surface area contributed by atoms with Crippen molar-refractivity contribution in [3.63, 3.8) is 0 Å². The molecule has 8 nitrogen and oxygen atoms in total. The van der Waals surface area contributed by atoms with Gasteiger partial charge >= 0.3 is 12.0 Å². The normalized spacial score (nSPS) is 14.6. The van der Waals surface area contributed by atoms with E-state index in [1.165, 1.54) is 14.2 Å². The van der Waals surface area contributed by atoms with Crippen molar-refractivity contribution < 1.29 is 28.6 Å². The van der Waals surface area contributed by atoms with Crippen molar-refractivity contribution in [1.82, 2.24) is 10.2 Å². The lowest BCUT2D eigenvalue weighted by molar-refractivity contribution is -0.142. The molecule has 3 rings (SSSR count). The number of imide groups is 1. The van der Waals surface area contributed by atoms with Gasteiger partial charge in [0, 0.05) is 0 Å². The average molecular weight is 410 g/mol. The Balaban J connectivity index is 1.76. The lowest BCUT2D eigenvalue weighted by Gasteiger charge is -2.12. The molecular weight excluding hydrogens is 388 g/mol. The van der Waals surface area contributed by atoms with Crippen LogP contribution in [-0.4, -0.2) is 43.6 Å². The van der Waals surface area contributed by atoms with Gasteiger partial charge in [-0.15, -0.1) is 0 Å². The number of nitrogens with zero attached hydrogens (tertiary/aromatic N) is 1. The topological polar surface area (TPSA) is 94.2 Å². The summed E-state index contributed by atoms with van der Waals surface area (Å²) in [5.41, 5.74) is 2.75. The van der Waals surface area contributed by atoms with Crippen LogP contribution in [0.25, 0.3) is 6.08 Å². The Kier molecular flexibility index (Phi) is 6.36. The summed E-state index contributed by atoms with van der Waals surface area (Å²) in [6, 6.07) is 12.1. The molecule has 1 aliphatic rings. The number of hydrogen-bond donors (Lipinski definition) is 1. The van der Waals surface area contributed by atoms with Crippen LogP contribution in [0.3, 0.4) is 0 Å². The Morgan fingerprint density at radius 1 is 1.07 bits per heavy atom. The summed E-state index contributed by atoms with van der Waals surface area (Å²) in [7, 11) is 2.73. The summed E-state index contributed by atoms with van der Waals surface area (Å²) < 4.78 is 15.2. The minimum atomic E-state index is -0.517. The molecule has 0 bridgehead atoms. The van der Waals surface area contributed by atoms with E-state index in [0.29, 0.717) is 17.1 Å². The average Bonchev–Trinajstić information content (AvgIpc) is 3.01. The van der Waals surface area contributed by atoms with E-state index in [2.05, 4.69) is 10.1 Å². The first-order valence-corrected chi connectivity index (χ1v) is 9.19. The number of carbonyl (C=O) groups is 3. The van der Waals surface area contributed by atoms with Crippen LogP contribution in [0.1, 0.15) is 16.7 Å². The maximum atomic E-state index is 12.7. The third-order valence-electron chi connectivity index (χ3n) is 4.50. The number of hydrogen-bond acceptors (Lipinski definition) is 6. The van der Waals surface area contributed by atoms with Crippen molar-refractivity contribution in [1.29, 1.82) is 0 Å². The van der Waals surface area contributed by atoms with Crippen molar-refractivity contribution in [3.05, 3.63) is 64.9 Å². The molecule has 156 valence electrons. The molecule has 1 heterocycles. The van der Waals surface area contributed by atoms with Gasteiger partial charge in [0.1, 0.15) is 5.70 Å². The Hall–Kier alpha value is -3.81. The highest BCUT2D eigenvalue weighted by atomic mass is 16.6. The second-order valence-corrected chi connectivity index (χ2v) is 6.64. The van der Waals surface area contributed by atoms with Crippen molar-refractivity contribution in [2.75, 3.05) is 20.8 Å². The van der Waals surface area contributed by atoms with E-state index in [4.69, 9.17) is 9.47 Å². The van der Waals surface area contributed by atoms with E-state index in [-0.39, 0.29) is 18.8 Å². The van der Waals surface area contributed by atoms with Gasteiger partial charge < -0.3 is 19.5 Å². The second kappa shape index (κ2) is 9.13. The van der Waals surface area contributed by atoms with Crippen molar-refractivity contribution >= 4 is 24.0 Å². The first-order valence-electron chi connectivity index (χ1n) is 9.19. The standard InChI is InChI=1S/C22H22N2O6/c1-14-4-6-15(7-5-14)12-24-21(26)17(23-22(24)27)10-16-8-9-18(19(11-16)28-2)30-13-20(25)29-3/h4-11H,12-13H2,1-3H3,(H,23,27)/b17-10+. The molecule has 1 fully saturated rings. The molecule has 0 saturated carbocycles. The molecule has 1 aliphatic heterocycles. The highest BCUT2D eigenvalue weighted by Gasteiger charge is 2.33.